The highest BCUT2D eigenvalue weighted by atomic mass is 32.2. The monoisotopic (exact) mass is 488 g/mol. The van der Waals surface area contributed by atoms with E-state index in [1.165, 1.54) is 21.3 Å². The molecule has 1 heterocycles. The number of ether oxygens (including phenoxy) is 3. The molecule has 10 heteroatoms. The van der Waals surface area contributed by atoms with Gasteiger partial charge in [-0.1, -0.05) is 23.8 Å². The van der Waals surface area contributed by atoms with Gasteiger partial charge in [0.15, 0.2) is 21.3 Å². The van der Waals surface area contributed by atoms with E-state index in [1.807, 2.05) is 6.92 Å². The van der Waals surface area contributed by atoms with Crippen molar-refractivity contribution in [3.8, 4) is 11.5 Å². The standard InChI is InChI=1S/C24H28N2O7S/c1-13-9-14(2)22(15(3)10-13)34(29,30)12-17-20(23(27)33-6)21(26-24(28)25-17)16-7-8-18(31-4)19(11-16)32-5/h7-11,21H,12H2,1-6H3,(H2,25,26,28). The molecule has 0 saturated carbocycles. The highest BCUT2D eigenvalue weighted by molar-refractivity contribution is 7.91. The van der Waals surface area contributed by atoms with Crippen molar-refractivity contribution in [2.75, 3.05) is 27.1 Å². The number of hydrogen-bond acceptors (Lipinski definition) is 7. The predicted octanol–water partition coefficient (Wildman–Crippen LogP) is 2.88. The lowest BCUT2D eigenvalue weighted by atomic mass is 9.95. The van der Waals surface area contributed by atoms with Gasteiger partial charge in [0.05, 0.1) is 43.6 Å². The second-order valence-electron chi connectivity index (χ2n) is 8.02. The highest BCUT2D eigenvalue weighted by Crippen LogP contribution is 2.35. The third-order valence-corrected chi connectivity index (χ3v) is 7.48. The molecule has 3 rings (SSSR count). The van der Waals surface area contributed by atoms with Gasteiger partial charge in [-0.2, -0.15) is 0 Å². The molecule has 0 aliphatic carbocycles. The molecular formula is C24H28N2O7S. The summed E-state index contributed by atoms with van der Waals surface area (Å²) in [5.74, 6) is -0.505. The molecule has 1 atom stereocenters. The van der Waals surface area contributed by atoms with Crippen molar-refractivity contribution in [1.82, 2.24) is 10.6 Å². The van der Waals surface area contributed by atoms with Crippen LogP contribution in [0.25, 0.3) is 0 Å². The number of carbonyl (C=O) groups is 2. The molecule has 0 saturated heterocycles. The van der Waals surface area contributed by atoms with E-state index in [4.69, 9.17) is 14.2 Å². The topological polar surface area (TPSA) is 120 Å². The van der Waals surface area contributed by atoms with Gasteiger partial charge in [-0.15, -0.1) is 0 Å². The Morgan fingerprint density at radius 1 is 0.971 bits per heavy atom. The first kappa shape index (κ1) is 25.1. The summed E-state index contributed by atoms with van der Waals surface area (Å²) in [6, 6.07) is 6.85. The van der Waals surface area contributed by atoms with Crippen molar-refractivity contribution < 1.29 is 32.2 Å². The van der Waals surface area contributed by atoms with Crippen LogP contribution in [-0.2, 0) is 19.4 Å². The van der Waals surface area contributed by atoms with Crippen molar-refractivity contribution in [3.63, 3.8) is 0 Å². The minimum absolute atomic E-state index is 0.0136. The summed E-state index contributed by atoms with van der Waals surface area (Å²) in [7, 11) is 0.224. The third kappa shape index (κ3) is 4.86. The van der Waals surface area contributed by atoms with Crippen LogP contribution in [0.5, 0.6) is 11.5 Å². The normalized spacial score (nSPS) is 15.9. The zero-order chi connectivity index (χ0) is 25.2. The number of urea groups is 1. The number of esters is 1. The van der Waals surface area contributed by atoms with Gasteiger partial charge in [0, 0.05) is 5.70 Å². The molecule has 0 spiro atoms. The summed E-state index contributed by atoms with van der Waals surface area (Å²) in [4.78, 5) is 25.5. The second-order valence-corrected chi connectivity index (χ2v) is 9.94. The fourth-order valence-corrected chi connectivity index (χ4v) is 6.14. The van der Waals surface area contributed by atoms with E-state index in [9.17, 15) is 18.0 Å². The zero-order valence-electron chi connectivity index (χ0n) is 19.9. The fraction of sp³-hybridized carbons (Fsp3) is 0.333. The number of aryl methyl sites for hydroxylation is 3. The second kappa shape index (κ2) is 9.76. The number of hydrogen-bond donors (Lipinski definition) is 2. The highest BCUT2D eigenvalue weighted by Gasteiger charge is 2.36. The maximum atomic E-state index is 13.4. The van der Waals surface area contributed by atoms with Crippen LogP contribution in [0.15, 0.2) is 46.5 Å². The van der Waals surface area contributed by atoms with Crippen LogP contribution >= 0.6 is 0 Å². The molecule has 0 fully saturated rings. The lowest BCUT2D eigenvalue weighted by Crippen LogP contribution is -2.47. The predicted molar refractivity (Wildman–Crippen MR) is 126 cm³/mol. The number of carbonyl (C=O) groups excluding carboxylic acids is 2. The van der Waals surface area contributed by atoms with Crippen LogP contribution in [0.4, 0.5) is 4.79 Å². The molecule has 182 valence electrons. The molecule has 2 amide bonds. The minimum atomic E-state index is -3.92. The number of rotatable bonds is 7. The Bertz CT molecular complexity index is 1260. The molecule has 0 aromatic heterocycles. The number of benzene rings is 2. The molecule has 9 nitrogen and oxygen atoms in total. The first-order valence-corrected chi connectivity index (χ1v) is 12.1. The van der Waals surface area contributed by atoms with E-state index in [0.29, 0.717) is 28.2 Å². The summed E-state index contributed by atoms with van der Waals surface area (Å²) in [5, 5.41) is 5.17. The molecule has 0 radical (unpaired) electrons. The van der Waals surface area contributed by atoms with E-state index < -0.39 is 33.6 Å². The SMILES string of the molecule is COC(=O)C1=C(CS(=O)(=O)c2c(C)cc(C)cc2C)NC(=O)NC1c1ccc(OC)c(OC)c1. The largest absolute Gasteiger partial charge is 0.493 e. The maximum Gasteiger partial charge on any atom is 0.338 e. The van der Waals surface area contributed by atoms with Gasteiger partial charge in [0.1, 0.15) is 0 Å². The number of methoxy groups -OCH3 is 3. The Kier molecular flexibility index (Phi) is 7.21. The molecule has 0 bridgehead atoms. The molecule has 2 aromatic carbocycles. The average Bonchev–Trinajstić information content (AvgIpc) is 2.76. The molecule has 1 unspecified atom stereocenters. The van der Waals surface area contributed by atoms with E-state index >= 15 is 0 Å². The molecule has 1 aliphatic rings. The quantitative estimate of drug-likeness (QED) is 0.575. The van der Waals surface area contributed by atoms with Gasteiger partial charge in [-0.25, -0.2) is 18.0 Å². The van der Waals surface area contributed by atoms with Crippen molar-refractivity contribution in [2.45, 2.75) is 31.7 Å². The van der Waals surface area contributed by atoms with Gasteiger partial charge in [-0.3, -0.25) is 0 Å². The summed E-state index contributed by atoms with van der Waals surface area (Å²) in [6.45, 7) is 5.32. The van der Waals surface area contributed by atoms with Gasteiger partial charge >= 0.3 is 12.0 Å². The number of sulfone groups is 1. The summed E-state index contributed by atoms with van der Waals surface area (Å²) < 4.78 is 42.4. The van der Waals surface area contributed by atoms with Crippen LogP contribution in [0, 0.1) is 20.8 Å². The van der Waals surface area contributed by atoms with E-state index in [1.54, 1.807) is 44.2 Å². The lowest BCUT2D eigenvalue weighted by molar-refractivity contribution is -0.136. The van der Waals surface area contributed by atoms with Crippen molar-refractivity contribution in [2.24, 2.45) is 0 Å². The first-order chi connectivity index (χ1) is 16.0. The molecular weight excluding hydrogens is 460 g/mol. The van der Waals surface area contributed by atoms with E-state index in [2.05, 4.69) is 10.6 Å². The first-order valence-electron chi connectivity index (χ1n) is 10.4. The Labute approximate surface area is 199 Å². The van der Waals surface area contributed by atoms with Gasteiger partial charge in [-0.05, 0) is 49.6 Å². The Morgan fingerprint density at radius 2 is 1.59 bits per heavy atom. The van der Waals surface area contributed by atoms with Crippen molar-refractivity contribution in [1.29, 1.82) is 0 Å². The van der Waals surface area contributed by atoms with E-state index in [0.717, 1.165) is 5.56 Å². The Hall–Kier alpha value is -3.53. The van der Waals surface area contributed by atoms with Crippen LogP contribution in [0.3, 0.4) is 0 Å². The summed E-state index contributed by atoms with van der Waals surface area (Å²) >= 11 is 0. The third-order valence-electron chi connectivity index (χ3n) is 5.55. The smallest absolute Gasteiger partial charge is 0.338 e. The van der Waals surface area contributed by atoms with Gasteiger partial charge < -0.3 is 24.8 Å². The summed E-state index contributed by atoms with van der Waals surface area (Å²) in [5.41, 5.74) is 2.55. The van der Waals surface area contributed by atoms with Gasteiger partial charge in [0.2, 0.25) is 0 Å². The van der Waals surface area contributed by atoms with Crippen LogP contribution in [-0.4, -0.2) is 47.5 Å². The van der Waals surface area contributed by atoms with E-state index in [-0.39, 0.29) is 16.2 Å². The number of nitrogens with one attached hydrogen (secondary N) is 2. The van der Waals surface area contributed by atoms with Crippen LogP contribution in [0.2, 0.25) is 0 Å². The fourth-order valence-electron chi connectivity index (χ4n) is 4.28. The Morgan fingerprint density at radius 3 is 2.15 bits per heavy atom. The van der Waals surface area contributed by atoms with Crippen molar-refractivity contribution >= 4 is 21.8 Å². The lowest BCUT2D eigenvalue weighted by Gasteiger charge is -2.29. The average molecular weight is 489 g/mol. The molecule has 1 aliphatic heterocycles. The zero-order valence-corrected chi connectivity index (χ0v) is 20.8. The Balaban J connectivity index is 2.16. The minimum Gasteiger partial charge on any atom is -0.493 e. The molecule has 2 N–H and O–H groups in total. The number of amides is 2. The van der Waals surface area contributed by atoms with Crippen molar-refractivity contribution in [3.05, 3.63) is 63.9 Å². The maximum absolute atomic E-state index is 13.4. The van der Waals surface area contributed by atoms with Gasteiger partial charge in [0.25, 0.3) is 0 Å². The van der Waals surface area contributed by atoms with Crippen LogP contribution in [0.1, 0.15) is 28.3 Å². The van der Waals surface area contributed by atoms with Crippen LogP contribution < -0.4 is 20.1 Å². The molecule has 34 heavy (non-hydrogen) atoms. The molecule has 2 aromatic rings. The summed E-state index contributed by atoms with van der Waals surface area (Å²) in [6.07, 6.45) is 0.